The maximum atomic E-state index is 5.54. The summed E-state index contributed by atoms with van der Waals surface area (Å²) in [7, 11) is 0. The van der Waals surface area contributed by atoms with Crippen LogP contribution in [0.1, 0.15) is 32.9 Å². The molecular weight excluding hydrogens is 228 g/mol. The van der Waals surface area contributed by atoms with Crippen LogP contribution in [-0.4, -0.2) is 30.8 Å². The minimum atomic E-state index is 0.457. The van der Waals surface area contributed by atoms with E-state index in [0.717, 1.165) is 25.3 Å². The number of nitrogens with zero attached hydrogens (tertiary/aromatic N) is 1. The molecule has 1 N–H and O–H groups in total. The van der Waals surface area contributed by atoms with Crippen LogP contribution in [0.25, 0.3) is 0 Å². The smallest absolute Gasteiger partial charge is 0.213 e. The Labute approximate surface area is 110 Å². The lowest BCUT2D eigenvalue weighted by Gasteiger charge is -2.09. The van der Waals surface area contributed by atoms with E-state index >= 15 is 0 Å². The van der Waals surface area contributed by atoms with Gasteiger partial charge in [0.25, 0.3) is 0 Å². The van der Waals surface area contributed by atoms with Crippen molar-refractivity contribution in [1.29, 1.82) is 0 Å². The van der Waals surface area contributed by atoms with Gasteiger partial charge in [0.1, 0.15) is 6.61 Å². The lowest BCUT2D eigenvalue weighted by Crippen LogP contribution is -2.22. The Morgan fingerprint density at radius 1 is 1.22 bits per heavy atom. The maximum absolute atomic E-state index is 5.54. The van der Waals surface area contributed by atoms with Crippen molar-refractivity contribution in [2.24, 2.45) is 0 Å². The molecule has 4 nitrogen and oxygen atoms in total. The molecule has 4 heteroatoms. The molecule has 1 heterocycles. The zero-order chi connectivity index (χ0) is 13.2. The van der Waals surface area contributed by atoms with Crippen LogP contribution in [0.5, 0.6) is 5.88 Å². The number of hydrogen-bond donors (Lipinski definition) is 1. The molecule has 0 unspecified atom stereocenters. The van der Waals surface area contributed by atoms with Crippen molar-refractivity contribution in [2.45, 2.75) is 39.8 Å². The number of ether oxygens (including phenoxy) is 2. The van der Waals surface area contributed by atoms with Gasteiger partial charge >= 0.3 is 0 Å². The maximum Gasteiger partial charge on any atom is 0.213 e. The van der Waals surface area contributed by atoms with Crippen molar-refractivity contribution in [1.82, 2.24) is 10.3 Å². The van der Waals surface area contributed by atoms with Gasteiger partial charge < -0.3 is 14.8 Å². The standard InChI is InChI=1S/C14H24N2O2/c1-4-8-17-9-10-18-14-7-5-6-13(16-14)11-15-12(2)3/h5-7,12,15H,4,8-11H2,1-3H3. The number of pyridine rings is 1. The van der Waals surface area contributed by atoms with Gasteiger partial charge in [-0.05, 0) is 12.5 Å². The third-order valence-electron chi connectivity index (χ3n) is 2.30. The second kappa shape index (κ2) is 8.89. The van der Waals surface area contributed by atoms with E-state index in [-0.39, 0.29) is 0 Å². The van der Waals surface area contributed by atoms with E-state index in [4.69, 9.17) is 9.47 Å². The van der Waals surface area contributed by atoms with Crippen molar-refractivity contribution in [3.05, 3.63) is 23.9 Å². The van der Waals surface area contributed by atoms with Crippen molar-refractivity contribution in [2.75, 3.05) is 19.8 Å². The molecule has 18 heavy (non-hydrogen) atoms. The fourth-order valence-corrected chi connectivity index (χ4v) is 1.40. The number of hydrogen-bond acceptors (Lipinski definition) is 4. The van der Waals surface area contributed by atoms with E-state index in [1.165, 1.54) is 0 Å². The zero-order valence-electron chi connectivity index (χ0n) is 11.6. The minimum absolute atomic E-state index is 0.457. The van der Waals surface area contributed by atoms with Crippen LogP contribution in [-0.2, 0) is 11.3 Å². The highest BCUT2D eigenvalue weighted by Gasteiger charge is 2.00. The van der Waals surface area contributed by atoms with Crippen LogP contribution in [0.15, 0.2) is 18.2 Å². The number of nitrogens with one attached hydrogen (secondary N) is 1. The van der Waals surface area contributed by atoms with Crippen molar-refractivity contribution in [3.63, 3.8) is 0 Å². The summed E-state index contributed by atoms with van der Waals surface area (Å²) in [5, 5.41) is 3.33. The normalized spacial score (nSPS) is 10.9. The molecule has 0 aliphatic heterocycles. The quantitative estimate of drug-likeness (QED) is 0.685. The van der Waals surface area contributed by atoms with Gasteiger partial charge in [0.2, 0.25) is 5.88 Å². The predicted molar refractivity (Wildman–Crippen MR) is 72.8 cm³/mol. The van der Waals surface area contributed by atoms with Crippen molar-refractivity contribution in [3.8, 4) is 5.88 Å². The van der Waals surface area contributed by atoms with E-state index in [1.54, 1.807) is 0 Å². The Kier molecular flexibility index (Phi) is 7.37. The van der Waals surface area contributed by atoms with Crippen LogP contribution >= 0.6 is 0 Å². The Morgan fingerprint density at radius 3 is 2.78 bits per heavy atom. The second-order valence-electron chi connectivity index (χ2n) is 4.46. The van der Waals surface area contributed by atoms with Gasteiger partial charge in [-0.2, -0.15) is 0 Å². The van der Waals surface area contributed by atoms with Gasteiger partial charge in [-0.25, -0.2) is 4.98 Å². The molecule has 102 valence electrons. The first-order chi connectivity index (χ1) is 8.72. The van der Waals surface area contributed by atoms with Gasteiger partial charge in [0.05, 0.1) is 12.3 Å². The molecule has 1 rings (SSSR count). The average Bonchev–Trinajstić information content (AvgIpc) is 2.37. The summed E-state index contributed by atoms with van der Waals surface area (Å²) in [6.07, 6.45) is 1.04. The summed E-state index contributed by atoms with van der Waals surface area (Å²) in [6.45, 7) is 9.04. The molecule has 0 fully saturated rings. The highest BCUT2D eigenvalue weighted by molar-refractivity contribution is 5.15. The summed E-state index contributed by atoms with van der Waals surface area (Å²) in [5.41, 5.74) is 0.996. The SMILES string of the molecule is CCCOCCOc1cccc(CNC(C)C)n1. The van der Waals surface area contributed by atoms with E-state index in [1.807, 2.05) is 18.2 Å². The number of aromatic nitrogens is 1. The van der Waals surface area contributed by atoms with Gasteiger partial charge in [-0.3, -0.25) is 0 Å². The molecule has 1 aromatic heterocycles. The van der Waals surface area contributed by atoms with Crippen LogP contribution in [0.3, 0.4) is 0 Å². The molecule has 0 amide bonds. The lowest BCUT2D eigenvalue weighted by atomic mass is 10.3. The molecule has 0 aromatic carbocycles. The van der Waals surface area contributed by atoms with Crippen LogP contribution in [0, 0.1) is 0 Å². The fraction of sp³-hybridized carbons (Fsp3) is 0.643. The molecule has 0 atom stereocenters. The highest BCUT2D eigenvalue weighted by Crippen LogP contribution is 2.07. The topological polar surface area (TPSA) is 43.4 Å². The van der Waals surface area contributed by atoms with E-state index in [2.05, 4.69) is 31.1 Å². The largest absolute Gasteiger partial charge is 0.475 e. The molecule has 0 aliphatic carbocycles. The second-order valence-corrected chi connectivity index (χ2v) is 4.46. The predicted octanol–water partition coefficient (Wildman–Crippen LogP) is 2.39. The molecule has 0 spiro atoms. The fourth-order valence-electron chi connectivity index (χ4n) is 1.40. The molecule has 0 radical (unpaired) electrons. The molecule has 0 aliphatic rings. The Bertz CT molecular complexity index is 329. The summed E-state index contributed by atoms with van der Waals surface area (Å²) < 4.78 is 10.9. The zero-order valence-corrected chi connectivity index (χ0v) is 11.6. The van der Waals surface area contributed by atoms with Crippen LogP contribution in [0.4, 0.5) is 0 Å². The van der Waals surface area contributed by atoms with Crippen molar-refractivity contribution < 1.29 is 9.47 Å². The van der Waals surface area contributed by atoms with E-state index in [9.17, 15) is 0 Å². The monoisotopic (exact) mass is 252 g/mol. The third-order valence-corrected chi connectivity index (χ3v) is 2.30. The van der Waals surface area contributed by atoms with E-state index in [0.29, 0.717) is 25.1 Å². The summed E-state index contributed by atoms with van der Waals surface area (Å²) in [6, 6.07) is 6.29. The van der Waals surface area contributed by atoms with Gasteiger partial charge in [-0.15, -0.1) is 0 Å². The summed E-state index contributed by atoms with van der Waals surface area (Å²) in [4.78, 5) is 4.42. The van der Waals surface area contributed by atoms with Crippen LogP contribution in [0.2, 0.25) is 0 Å². The van der Waals surface area contributed by atoms with Gasteiger partial charge in [-0.1, -0.05) is 26.8 Å². The first kappa shape index (κ1) is 14.9. The Hall–Kier alpha value is -1.13. The Balaban J connectivity index is 2.30. The Morgan fingerprint density at radius 2 is 2.06 bits per heavy atom. The molecule has 0 saturated carbocycles. The summed E-state index contributed by atoms with van der Waals surface area (Å²) in [5.74, 6) is 0.665. The lowest BCUT2D eigenvalue weighted by molar-refractivity contribution is 0.0989. The molecular formula is C14H24N2O2. The molecule has 0 saturated heterocycles. The number of rotatable bonds is 9. The first-order valence-corrected chi connectivity index (χ1v) is 6.62. The van der Waals surface area contributed by atoms with Gasteiger partial charge in [0, 0.05) is 25.3 Å². The summed E-state index contributed by atoms with van der Waals surface area (Å²) >= 11 is 0. The average molecular weight is 252 g/mol. The van der Waals surface area contributed by atoms with Gasteiger partial charge in [0.15, 0.2) is 0 Å². The van der Waals surface area contributed by atoms with E-state index < -0.39 is 0 Å². The molecule has 0 bridgehead atoms. The highest BCUT2D eigenvalue weighted by atomic mass is 16.5. The molecule has 1 aromatic rings. The van der Waals surface area contributed by atoms with Crippen LogP contribution < -0.4 is 10.1 Å². The third kappa shape index (κ3) is 6.57. The first-order valence-electron chi connectivity index (χ1n) is 6.62. The van der Waals surface area contributed by atoms with Crippen molar-refractivity contribution >= 4 is 0 Å². The minimum Gasteiger partial charge on any atom is -0.475 e.